The molecule has 1 heterocycles. The fourth-order valence-corrected chi connectivity index (χ4v) is 2.04. The Hall–Kier alpha value is -1.85. The summed E-state index contributed by atoms with van der Waals surface area (Å²) in [6.45, 7) is 3.93. The number of carbonyl (C=O) groups is 3. The van der Waals surface area contributed by atoms with E-state index in [-0.39, 0.29) is 30.9 Å². The average molecular weight is 297 g/mol. The Kier molecular flexibility index (Phi) is 6.91. The average Bonchev–Trinajstić information content (AvgIpc) is 2.39. The minimum absolute atomic E-state index is 0.0715. The van der Waals surface area contributed by atoms with E-state index in [1.54, 1.807) is 12.2 Å². The van der Waals surface area contributed by atoms with Crippen LogP contribution in [0.4, 0.5) is 0 Å². The third kappa shape index (κ3) is 6.42. The van der Waals surface area contributed by atoms with Gasteiger partial charge in [-0.05, 0) is 18.8 Å². The van der Waals surface area contributed by atoms with Crippen LogP contribution in [-0.4, -0.2) is 35.6 Å². The molecule has 1 amide bonds. The van der Waals surface area contributed by atoms with Crippen LogP contribution in [0.5, 0.6) is 0 Å². The lowest BCUT2D eigenvalue weighted by atomic mass is 10.00. The van der Waals surface area contributed by atoms with E-state index in [9.17, 15) is 14.4 Å². The van der Waals surface area contributed by atoms with Crippen molar-refractivity contribution in [3.05, 3.63) is 12.2 Å². The minimum Gasteiger partial charge on any atom is -0.481 e. The van der Waals surface area contributed by atoms with Crippen LogP contribution in [0.1, 0.15) is 39.5 Å². The molecule has 0 fully saturated rings. The number of esters is 1. The number of aliphatic carboxylic acids is 1. The molecular formula is C15H23NO5. The third-order valence-corrected chi connectivity index (χ3v) is 3.44. The van der Waals surface area contributed by atoms with Gasteiger partial charge in [-0.3, -0.25) is 14.4 Å². The van der Waals surface area contributed by atoms with Gasteiger partial charge in [-0.25, -0.2) is 0 Å². The van der Waals surface area contributed by atoms with Crippen LogP contribution in [0.3, 0.4) is 0 Å². The number of carbonyl (C=O) groups excluding carboxylic acids is 2. The van der Waals surface area contributed by atoms with Gasteiger partial charge in [0.1, 0.15) is 6.61 Å². The van der Waals surface area contributed by atoms with Gasteiger partial charge in [-0.2, -0.15) is 0 Å². The topological polar surface area (TPSA) is 92.7 Å². The van der Waals surface area contributed by atoms with Crippen LogP contribution >= 0.6 is 0 Å². The van der Waals surface area contributed by atoms with Crippen LogP contribution in [0.15, 0.2) is 12.2 Å². The zero-order valence-electron chi connectivity index (χ0n) is 12.5. The number of hydrogen-bond donors (Lipinski definition) is 2. The van der Waals surface area contributed by atoms with Gasteiger partial charge in [0.15, 0.2) is 0 Å². The second-order valence-corrected chi connectivity index (χ2v) is 5.59. The lowest BCUT2D eigenvalue weighted by molar-refractivity contribution is -0.154. The maximum atomic E-state index is 12.0. The van der Waals surface area contributed by atoms with Crippen molar-refractivity contribution in [2.75, 3.05) is 6.61 Å². The molecule has 0 aromatic carbocycles. The molecule has 0 aromatic rings. The summed E-state index contributed by atoms with van der Waals surface area (Å²) in [6, 6.07) is -0.254. The zero-order chi connectivity index (χ0) is 15.8. The molecule has 0 aromatic heterocycles. The molecule has 0 spiro atoms. The molecule has 6 heteroatoms. The predicted octanol–water partition coefficient (Wildman–Crippen LogP) is 1.50. The van der Waals surface area contributed by atoms with E-state index < -0.39 is 17.9 Å². The van der Waals surface area contributed by atoms with E-state index in [0.717, 1.165) is 0 Å². The molecule has 0 saturated heterocycles. The smallest absolute Gasteiger partial charge is 0.309 e. The Balaban J connectivity index is 2.79. The van der Waals surface area contributed by atoms with Gasteiger partial charge in [0.2, 0.25) is 5.91 Å². The van der Waals surface area contributed by atoms with E-state index in [1.165, 1.54) is 0 Å². The van der Waals surface area contributed by atoms with Gasteiger partial charge in [0, 0.05) is 6.42 Å². The standard InChI is InChI=1S/C15H23NO5/c1-10(2)12-9-21-15(20)11(8-14(18)19)6-4-3-5-7-13(17)16-12/h3-4,10-12H,5-9H2,1-2H3,(H,16,17)(H,18,19)/b4-3+/t11-,12-/m0/s1. The highest BCUT2D eigenvalue weighted by Crippen LogP contribution is 2.14. The molecule has 21 heavy (non-hydrogen) atoms. The maximum Gasteiger partial charge on any atom is 0.309 e. The number of ether oxygens (including phenoxy) is 1. The highest BCUT2D eigenvalue weighted by atomic mass is 16.5. The number of cyclic esters (lactones) is 1. The molecule has 0 unspecified atom stereocenters. The monoisotopic (exact) mass is 297 g/mol. The first kappa shape index (κ1) is 17.2. The molecule has 6 nitrogen and oxygen atoms in total. The van der Waals surface area contributed by atoms with Crippen molar-refractivity contribution < 1.29 is 24.2 Å². The third-order valence-electron chi connectivity index (χ3n) is 3.44. The van der Waals surface area contributed by atoms with E-state index >= 15 is 0 Å². The number of carboxylic acids is 1. The van der Waals surface area contributed by atoms with Crippen molar-refractivity contribution in [3.8, 4) is 0 Å². The number of rotatable bonds is 3. The second-order valence-electron chi connectivity index (χ2n) is 5.59. The first-order valence-corrected chi connectivity index (χ1v) is 7.23. The number of allylic oxidation sites excluding steroid dienone is 2. The fraction of sp³-hybridized carbons (Fsp3) is 0.667. The summed E-state index contributed by atoms with van der Waals surface area (Å²) in [5.41, 5.74) is 0. The van der Waals surface area contributed by atoms with Gasteiger partial charge in [-0.1, -0.05) is 26.0 Å². The SMILES string of the molecule is CC(C)[C@@H]1COC(=O)[C@H](CC(=O)O)C/C=C/CCC(=O)N1. The lowest BCUT2D eigenvalue weighted by Gasteiger charge is -2.23. The molecular weight excluding hydrogens is 274 g/mol. The van der Waals surface area contributed by atoms with E-state index in [1.807, 2.05) is 13.8 Å². The molecule has 1 rings (SSSR count). The number of hydrogen-bond acceptors (Lipinski definition) is 4. The zero-order valence-corrected chi connectivity index (χ0v) is 12.5. The van der Waals surface area contributed by atoms with Crippen molar-refractivity contribution in [1.82, 2.24) is 5.32 Å². The number of nitrogens with one attached hydrogen (secondary N) is 1. The normalized spacial score (nSPS) is 26.2. The van der Waals surface area contributed by atoms with Crippen molar-refractivity contribution in [2.24, 2.45) is 11.8 Å². The van der Waals surface area contributed by atoms with Gasteiger partial charge < -0.3 is 15.2 Å². The molecule has 0 aliphatic carbocycles. The molecule has 0 bridgehead atoms. The maximum absolute atomic E-state index is 12.0. The Morgan fingerprint density at radius 2 is 2.14 bits per heavy atom. The largest absolute Gasteiger partial charge is 0.481 e. The Bertz CT molecular complexity index is 416. The van der Waals surface area contributed by atoms with E-state index in [2.05, 4.69) is 5.32 Å². The Morgan fingerprint density at radius 3 is 2.76 bits per heavy atom. The fourth-order valence-electron chi connectivity index (χ4n) is 2.04. The lowest BCUT2D eigenvalue weighted by Crippen LogP contribution is -2.42. The molecule has 2 atom stereocenters. The summed E-state index contributed by atoms with van der Waals surface area (Å²) >= 11 is 0. The van der Waals surface area contributed by atoms with Crippen molar-refractivity contribution in [3.63, 3.8) is 0 Å². The molecule has 1 aliphatic heterocycles. The van der Waals surface area contributed by atoms with Crippen LogP contribution in [-0.2, 0) is 19.1 Å². The van der Waals surface area contributed by atoms with Crippen LogP contribution in [0, 0.1) is 11.8 Å². The molecule has 0 saturated carbocycles. The quantitative estimate of drug-likeness (QED) is 0.608. The van der Waals surface area contributed by atoms with Gasteiger partial charge in [-0.15, -0.1) is 0 Å². The molecule has 0 radical (unpaired) electrons. The number of amides is 1. The highest BCUT2D eigenvalue weighted by Gasteiger charge is 2.25. The van der Waals surface area contributed by atoms with Crippen molar-refractivity contribution >= 4 is 17.8 Å². The van der Waals surface area contributed by atoms with Gasteiger partial charge in [0.05, 0.1) is 18.4 Å². The van der Waals surface area contributed by atoms with Gasteiger partial charge in [0.25, 0.3) is 0 Å². The second kappa shape index (κ2) is 8.44. The molecule has 2 N–H and O–H groups in total. The van der Waals surface area contributed by atoms with Gasteiger partial charge >= 0.3 is 11.9 Å². The summed E-state index contributed by atoms with van der Waals surface area (Å²) in [5, 5.41) is 11.7. The number of carboxylic acid groups (broad SMARTS) is 1. The van der Waals surface area contributed by atoms with Crippen LogP contribution < -0.4 is 5.32 Å². The first-order valence-electron chi connectivity index (χ1n) is 7.23. The van der Waals surface area contributed by atoms with Crippen molar-refractivity contribution in [2.45, 2.75) is 45.6 Å². The molecule has 118 valence electrons. The minimum atomic E-state index is -1.02. The summed E-state index contributed by atoms with van der Waals surface area (Å²) in [6.07, 6.45) is 4.56. The van der Waals surface area contributed by atoms with Crippen molar-refractivity contribution in [1.29, 1.82) is 0 Å². The molecule has 1 aliphatic rings. The summed E-state index contributed by atoms with van der Waals surface area (Å²) in [7, 11) is 0. The Labute approximate surface area is 124 Å². The van der Waals surface area contributed by atoms with E-state index in [0.29, 0.717) is 19.3 Å². The summed E-state index contributed by atoms with van der Waals surface area (Å²) in [5.74, 6) is -2.18. The van der Waals surface area contributed by atoms with Crippen LogP contribution in [0.2, 0.25) is 0 Å². The summed E-state index contributed by atoms with van der Waals surface area (Å²) in [4.78, 5) is 34.5. The highest BCUT2D eigenvalue weighted by molar-refractivity contribution is 5.79. The Morgan fingerprint density at radius 1 is 1.43 bits per heavy atom. The van der Waals surface area contributed by atoms with Crippen LogP contribution in [0.25, 0.3) is 0 Å². The predicted molar refractivity (Wildman–Crippen MR) is 76.5 cm³/mol. The van der Waals surface area contributed by atoms with E-state index in [4.69, 9.17) is 9.84 Å². The first-order chi connectivity index (χ1) is 9.90. The summed E-state index contributed by atoms with van der Waals surface area (Å²) < 4.78 is 5.20.